The smallest absolute Gasteiger partial charge is 0.311 e. The van der Waals surface area contributed by atoms with E-state index in [1.54, 1.807) is 0 Å². The Labute approximate surface area is 295 Å². The first-order valence-corrected chi connectivity index (χ1v) is 17.7. The Hall–Kier alpha value is -3.36. The topological polar surface area (TPSA) is 159 Å². The van der Waals surface area contributed by atoms with E-state index in [1.807, 2.05) is 45.9 Å². The van der Waals surface area contributed by atoms with Crippen LogP contribution in [0.4, 0.5) is 0 Å². The number of carbonyl (C=O) groups excluding carboxylic acids is 4. The van der Waals surface area contributed by atoms with Gasteiger partial charge in [-0.2, -0.15) is 0 Å². The molecule has 0 bridgehead atoms. The third-order valence-corrected chi connectivity index (χ3v) is 8.06. The molecule has 0 radical (unpaired) electrons. The van der Waals surface area contributed by atoms with Crippen LogP contribution in [0.3, 0.4) is 0 Å². The lowest BCUT2D eigenvalue weighted by Gasteiger charge is -2.32. The van der Waals surface area contributed by atoms with Crippen LogP contribution in [0.25, 0.3) is 0 Å². The van der Waals surface area contributed by atoms with Gasteiger partial charge in [-0.05, 0) is 77.5 Å². The van der Waals surface area contributed by atoms with Gasteiger partial charge in [0.05, 0.1) is 50.7 Å². The Bertz CT molecular complexity index is 1230. The number of aliphatic hydroxyl groups is 1. The Balaban J connectivity index is 1.20. The molecule has 1 fully saturated rings. The van der Waals surface area contributed by atoms with Gasteiger partial charge >= 0.3 is 5.97 Å². The maximum absolute atomic E-state index is 12.4. The van der Waals surface area contributed by atoms with E-state index in [1.165, 1.54) is 17.1 Å². The summed E-state index contributed by atoms with van der Waals surface area (Å²) < 4.78 is 34.3. The van der Waals surface area contributed by atoms with Crippen LogP contribution in [-0.2, 0) is 55.9 Å². The molecule has 2 aliphatic rings. The summed E-state index contributed by atoms with van der Waals surface area (Å²) in [4.78, 5) is 48.6. The number of amides is 3. The van der Waals surface area contributed by atoms with Crippen molar-refractivity contribution >= 4 is 23.7 Å². The summed E-state index contributed by atoms with van der Waals surface area (Å²) in [6.45, 7) is 10.9. The quantitative estimate of drug-likeness (QED) is 0.0974. The standard InChI is InChI=1S/C37H56N2O11/c1-27-23-30(40)25-35(49-27)50-31-12-11-28(24-29(31)26-48-36(44)37(2,3)4)9-8-17-45-19-21-47-22-20-46-18-15-38-32(41)10-6-5-7-16-39-33(42)13-14-34(39)43/h11-14,24,27,30,35,40H,5-10,15-23,25-26H2,1-4H3,(H,38,41). The second-order valence-electron chi connectivity index (χ2n) is 13.7. The van der Waals surface area contributed by atoms with Crippen molar-refractivity contribution in [1.29, 1.82) is 0 Å². The maximum atomic E-state index is 12.4. The molecule has 0 saturated carbocycles. The van der Waals surface area contributed by atoms with Crippen molar-refractivity contribution < 1.29 is 52.7 Å². The number of benzene rings is 1. The molecule has 2 aliphatic heterocycles. The largest absolute Gasteiger partial charge is 0.464 e. The van der Waals surface area contributed by atoms with Crippen molar-refractivity contribution in [2.24, 2.45) is 5.41 Å². The molecule has 1 aromatic carbocycles. The van der Waals surface area contributed by atoms with Crippen molar-refractivity contribution in [1.82, 2.24) is 10.2 Å². The summed E-state index contributed by atoms with van der Waals surface area (Å²) in [5.74, 6) is -0.334. The number of nitrogens with one attached hydrogen (secondary N) is 1. The predicted octanol–water partition coefficient (Wildman–Crippen LogP) is 3.62. The van der Waals surface area contributed by atoms with Crippen molar-refractivity contribution in [3.63, 3.8) is 0 Å². The third kappa shape index (κ3) is 15.7. The van der Waals surface area contributed by atoms with E-state index in [2.05, 4.69) is 5.32 Å². The van der Waals surface area contributed by atoms with Gasteiger partial charge in [-0.3, -0.25) is 24.1 Å². The molecule has 1 aromatic rings. The van der Waals surface area contributed by atoms with Crippen LogP contribution < -0.4 is 10.1 Å². The van der Waals surface area contributed by atoms with E-state index in [9.17, 15) is 24.3 Å². The average Bonchev–Trinajstić information content (AvgIpc) is 3.37. The normalized spacial score (nSPS) is 19.2. The minimum atomic E-state index is -0.623. The summed E-state index contributed by atoms with van der Waals surface area (Å²) in [5.41, 5.74) is 1.18. The number of hydrogen-bond acceptors (Lipinski definition) is 11. The van der Waals surface area contributed by atoms with Crippen LogP contribution >= 0.6 is 0 Å². The highest BCUT2D eigenvalue weighted by Gasteiger charge is 2.28. The van der Waals surface area contributed by atoms with Gasteiger partial charge in [0.2, 0.25) is 12.2 Å². The second-order valence-corrected chi connectivity index (χ2v) is 13.7. The lowest BCUT2D eigenvalue weighted by molar-refractivity contribution is -0.170. The molecule has 280 valence electrons. The van der Waals surface area contributed by atoms with E-state index in [4.69, 9.17) is 28.4 Å². The minimum Gasteiger partial charge on any atom is -0.464 e. The molecule has 0 aromatic heterocycles. The van der Waals surface area contributed by atoms with Gasteiger partial charge in [-0.1, -0.05) is 12.5 Å². The van der Waals surface area contributed by atoms with Crippen LogP contribution in [0.5, 0.6) is 5.75 Å². The summed E-state index contributed by atoms with van der Waals surface area (Å²) in [6, 6.07) is 5.82. The molecule has 2 N–H and O–H groups in total. The van der Waals surface area contributed by atoms with Crippen LogP contribution in [0.15, 0.2) is 30.4 Å². The van der Waals surface area contributed by atoms with E-state index < -0.39 is 17.8 Å². The van der Waals surface area contributed by atoms with E-state index in [-0.39, 0.29) is 36.4 Å². The predicted molar refractivity (Wildman–Crippen MR) is 184 cm³/mol. The summed E-state index contributed by atoms with van der Waals surface area (Å²) in [6.07, 6.45) is 6.40. The zero-order valence-electron chi connectivity index (χ0n) is 30.1. The third-order valence-electron chi connectivity index (χ3n) is 8.06. The first-order chi connectivity index (χ1) is 23.9. The van der Waals surface area contributed by atoms with E-state index >= 15 is 0 Å². The highest BCUT2D eigenvalue weighted by molar-refractivity contribution is 6.12. The molecule has 3 atom stereocenters. The first-order valence-electron chi connectivity index (χ1n) is 17.7. The lowest BCUT2D eigenvalue weighted by Crippen LogP contribution is -2.37. The van der Waals surface area contributed by atoms with Crippen molar-refractivity contribution in [3.05, 3.63) is 41.5 Å². The lowest BCUT2D eigenvalue weighted by atomic mass is 9.97. The summed E-state index contributed by atoms with van der Waals surface area (Å²) >= 11 is 0. The molecule has 1 saturated heterocycles. The number of esters is 1. The molecule has 2 heterocycles. The summed E-state index contributed by atoms with van der Waals surface area (Å²) in [7, 11) is 0. The minimum absolute atomic E-state index is 0.0500. The van der Waals surface area contributed by atoms with Crippen LogP contribution in [0.2, 0.25) is 0 Å². The number of ether oxygens (including phenoxy) is 6. The highest BCUT2D eigenvalue weighted by atomic mass is 16.7. The fourth-order valence-corrected chi connectivity index (χ4v) is 5.32. The van der Waals surface area contributed by atoms with Crippen molar-refractivity contribution in [3.8, 4) is 5.75 Å². The number of unbranched alkanes of at least 4 members (excludes halogenated alkanes) is 2. The Morgan fingerprint density at radius 3 is 2.28 bits per heavy atom. The van der Waals surface area contributed by atoms with Gasteiger partial charge in [0.1, 0.15) is 12.4 Å². The fourth-order valence-electron chi connectivity index (χ4n) is 5.32. The molecular formula is C37H56N2O11. The molecule has 3 rings (SSSR count). The summed E-state index contributed by atoms with van der Waals surface area (Å²) in [5, 5.41) is 13.0. The van der Waals surface area contributed by atoms with Gasteiger partial charge in [-0.15, -0.1) is 0 Å². The number of imide groups is 1. The van der Waals surface area contributed by atoms with Crippen molar-refractivity contribution in [2.45, 2.75) is 104 Å². The van der Waals surface area contributed by atoms with Gasteiger partial charge < -0.3 is 38.8 Å². The number of nitrogens with zero attached hydrogens (tertiary/aromatic N) is 1. The van der Waals surface area contributed by atoms with Crippen molar-refractivity contribution in [2.75, 3.05) is 52.7 Å². The SMILES string of the molecule is CC1CC(O)CC(Oc2ccc(CCCOCCOCCOCCNC(=O)CCCCCN3C(=O)C=CC3=O)cc2COC(=O)C(C)(C)C)O1. The Morgan fingerprint density at radius 1 is 0.920 bits per heavy atom. The van der Waals surface area contributed by atoms with E-state index in [0.717, 1.165) is 30.4 Å². The van der Waals surface area contributed by atoms with Gasteiger partial charge in [0.15, 0.2) is 0 Å². The van der Waals surface area contributed by atoms with Crippen LogP contribution in [-0.4, -0.2) is 105 Å². The van der Waals surface area contributed by atoms with Gasteiger partial charge in [0, 0.05) is 50.3 Å². The van der Waals surface area contributed by atoms with Crippen LogP contribution in [0.1, 0.15) is 83.8 Å². The number of aryl methyl sites for hydroxylation is 1. The number of hydrogen-bond donors (Lipinski definition) is 2. The molecular weight excluding hydrogens is 648 g/mol. The molecule has 13 nitrogen and oxygen atoms in total. The molecule has 50 heavy (non-hydrogen) atoms. The maximum Gasteiger partial charge on any atom is 0.311 e. The Kier molecular flexibility index (Phi) is 17.9. The van der Waals surface area contributed by atoms with Crippen LogP contribution in [0, 0.1) is 5.41 Å². The second kappa shape index (κ2) is 21.8. The monoisotopic (exact) mass is 704 g/mol. The molecule has 0 spiro atoms. The zero-order chi connectivity index (χ0) is 36.4. The van der Waals surface area contributed by atoms with Gasteiger partial charge in [-0.25, -0.2) is 0 Å². The fraction of sp³-hybridized carbons (Fsp3) is 0.676. The number of rotatable bonds is 23. The zero-order valence-corrected chi connectivity index (χ0v) is 30.1. The van der Waals surface area contributed by atoms with Gasteiger partial charge in [0.25, 0.3) is 11.8 Å². The average molecular weight is 705 g/mol. The number of aliphatic hydroxyl groups excluding tert-OH is 1. The Morgan fingerprint density at radius 2 is 1.60 bits per heavy atom. The van der Waals surface area contributed by atoms with E-state index in [0.29, 0.717) is 90.6 Å². The number of carbonyl (C=O) groups is 4. The molecule has 13 heteroatoms. The molecule has 3 unspecified atom stereocenters. The first kappa shape index (κ1) is 41.1. The molecule has 0 aliphatic carbocycles. The highest BCUT2D eigenvalue weighted by Crippen LogP contribution is 2.28. The molecule has 3 amide bonds.